The molecule has 0 bridgehead atoms. The van der Waals surface area contributed by atoms with Crippen molar-refractivity contribution in [1.29, 1.82) is 0 Å². The molecular formula is C22H24N2O. The van der Waals surface area contributed by atoms with Gasteiger partial charge in [0.1, 0.15) is 0 Å². The lowest BCUT2D eigenvalue weighted by molar-refractivity contribution is -0.127. The Hall–Kier alpha value is -2.65. The topological polar surface area (TPSA) is 23.6 Å². The van der Waals surface area contributed by atoms with Gasteiger partial charge in [0, 0.05) is 38.8 Å². The summed E-state index contributed by atoms with van der Waals surface area (Å²) in [5, 5.41) is 0. The quantitative estimate of drug-likeness (QED) is 0.782. The maximum atomic E-state index is 12.3. The molecule has 25 heavy (non-hydrogen) atoms. The van der Waals surface area contributed by atoms with Crippen molar-refractivity contribution >= 4 is 18.1 Å². The fraction of sp³-hybridized carbons (Fsp3) is 0.227. The summed E-state index contributed by atoms with van der Waals surface area (Å²) in [7, 11) is 0. The lowest BCUT2D eigenvalue weighted by Crippen LogP contribution is -2.48. The molecule has 0 saturated carbocycles. The molecule has 2 aromatic carbocycles. The van der Waals surface area contributed by atoms with E-state index in [1.165, 1.54) is 5.56 Å². The third-order valence-corrected chi connectivity index (χ3v) is 4.38. The summed E-state index contributed by atoms with van der Waals surface area (Å²) in [5.41, 5.74) is 2.28. The number of carbonyl (C=O) groups excluding carboxylic acids is 1. The Morgan fingerprint density at radius 3 is 1.96 bits per heavy atom. The fourth-order valence-electron chi connectivity index (χ4n) is 2.89. The minimum absolute atomic E-state index is 0.100. The van der Waals surface area contributed by atoms with Crippen molar-refractivity contribution in [3.63, 3.8) is 0 Å². The normalized spacial score (nSPS) is 15.9. The minimum Gasteiger partial charge on any atom is -0.337 e. The zero-order valence-electron chi connectivity index (χ0n) is 14.4. The van der Waals surface area contributed by atoms with Gasteiger partial charge in [-0.25, -0.2) is 0 Å². The molecule has 0 spiro atoms. The average molecular weight is 332 g/mol. The summed E-state index contributed by atoms with van der Waals surface area (Å²) in [4.78, 5) is 16.6. The molecule has 128 valence electrons. The van der Waals surface area contributed by atoms with Crippen molar-refractivity contribution in [2.45, 2.75) is 0 Å². The highest BCUT2D eigenvalue weighted by Gasteiger charge is 2.18. The van der Waals surface area contributed by atoms with Gasteiger partial charge in [-0.05, 0) is 17.2 Å². The van der Waals surface area contributed by atoms with Crippen molar-refractivity contribution in [2.75, 3.05) is 32.7 Å². The van der Waals surface area contributed by atoms with E-state index in [0.29, 0.717) is 0 Å². The van der Waals surface area contributed by atoms with Gasteiger partial charge in [0.15, 0.2) is 0 Å². The number of hydrogen-bond acceptors (Lipinski definition) is 2. The first-order chi connectivity index (χ1) is 12.3. The van der Waals surface area contributed by atoms with Gasteiger partial charge in [-0.1, -0.05) is 72.8 Å². The molecule has 1 heterocycles. The predicted octanol–water partition coefficient (Wildman–Crippen LogP) is 3.56. The molecule has 3 nitrogen and oxygen atoms in total. The number of hydrogen-bond donors (Lipinski definition) is 0. The van der Waals surface area contributed by atoms with Crippen molar-refractivity contribution in [2.24, 2.45) is 0 Å². The van der Waals surface area contributed by atoms with Crippen LogP contribution in [0.2, 0.25) is 0 Å². The van der Waals surface area contributed by atoms with E-state index in [4.69, 9.17) is 0 Å². The lowest BCUT2D eigenvalue weighted by Gasteiger charge is -2.33. The molecule has 0 atom stereocenters. The van der Waals surface area contributed by atoms with Crippen LogP contribution in [0, 0.1) is 0 Å². The van der Waals surface area contributed by atoms with Crippen LogP contribution < -0.4 is 0 Å². The smallest absolute Gasteiger partial charge is 0.246 e. The molecule has 1 aliphatic heterocycles. The maximum Gasteiger partial charge on any atom is 0.246 e. The van der Waals surface area contributed by atoms with Crippen LogP contribution in [0.25, 0.3) is 12.2 Å². The monoisotopic (exact) mass is 332 g/mol. The van der Waals surface area contributed by atoms with Crippen molar-refractivity contribution in [3.8, 4) is 0 Å². The van der Waals surface area contributed by atoms with Gasteiger partial charge in [0.05, 0.1) is 0 Å². The Morgan fingerprint density at radius 2 is 1.36 bits per heavy atom. The largest absolute Gasteiger partial charge is 0.337 e. The molecule has 0 aromatic heterocycles. The number of nitrogens with zero attached hydrogens (tertiary/aromatic N) is 2. The van der Waals surface area contributed by atoms with E-state index < -0.39 is 0 Å². The van der Waals surface area contributed by atoms with Crippen molar-refractivity contribution in [3.05, 3.63) is 83.9 Å². The van der Waals surface area contributed by atoms with Crippen molar-refractivity contribution in [1.82, 2.24) is 9.80 Å². The number of amides is 1. The zero-order chi connectivity index (χ0) is 17.3. The summed E-state index contributed by atoms with van der Waals surface area (Å²) >= 11 is 0. The van der Waals surface area contributed by atoms with Crippen LogP contribution in [0.15, 0.2) is 72.8 Å². The second-order valence-electron chi connectivity index (χ2n) is 6.18. The maximum absolute atomic E-state index is 12.3. The van der Waals surface area contributed by atoms with Gasteiger partial charge >= 0.3 is 0 Å². The van der Waals surface area contributed by atoms with E-state index in [1.807, 2.05) is 59.5 Å². The standard InChI is InChI=1S/C22H24N2O/c25-22(14-13-21-10-5-2-6-11-21)24-18-16-23(17-19-24)15-7-12-20-8-3-1-4-9-20/h1-14H,15-19H2. The number of benzene rings is 2. The Morgan fingerprint density at radius 1 is 0.800 bits per heavy atom. The molecule has 3 heteroatoms. The molecule has 0 unspecified atom stereocenters. The van der Waals surface area contributed by atoms with Gasteiger partial charge in [-0.15, -0.1) is 0 Å². The fourth-order valence-corrected chi connectivity index (χ4v) is 2.89. The molecule has 0 N–H and O–H groups in total. The van der Waals surface area contributed by atoms with Crippen LogP contribution in [-0.2, 0) is 4.79 Å². The summed E-state index contributed by atoms with van der Waals surface area (Å²) < 4.78 is 0. The Balaban J connectivity index is 1.43. The molecular weight excluding hydrogens is 308 g/mol. The first-order valence-corrected chi connectivity index (χ1v) is 8.77. The highest BCUT2D eigenvalue weighted by Crippen LogP contribution is 2.07. The van der Waals surface area contributed by atoms with Crippen LogP contribution in [0.3, 0.4) is 0 Å². The van der Waals surface area contributed by atoms with E-state index in [9.17, 15) is 4.79 Å². The van der Waals surface area contributed by atoms with Crippen LogP contribution in [0.5, 0.6) is 0 Å². The highest BCUT2D eigenvalue weighted by molar-refractivity contribution is 5.91. The van der Waals surface area contributed by atoms with E-state index in [2.05, 4.69) is 29.2 Å². The second-order valence-corrected chi connectivity index (χ2v) is 6.18. The first-order valence-electron chi connectivity index (χ1n) is 8.77. The predicted molar refractivity (Wildman–Crippen MR) is 104 cm³/mol. The average Bonchev–Trinajstić information content (AvgIpc) is 2.68. The molecule has 1 amide bonds. The Labute approximate surface area is 149 Å². The van der Waals surface area contributed by atoms with Gasteiger partial charge in [-0.2, -0.15) is 0 Å². The molecule has 0 aliphatic carbocycles. The molecule has 0 radical (unpaired) electrons. The van der Waals surface area contributed by atoms with E-state index >= 15 is 0 Å². The SMILES string of the molecule is O=C(C=Cc1ccccc1)N1CCN(CC=Cc2ccccc2)CC1. The number of rotatable bonds is 5. The Bertz CT molecular complexity index is 714. The van der Waals surface area contributed by atoms with Crippen molar-refractivity contribution < 1.29 is 4.79 Å². The number of carbonyl (C=O) groups is 1. The molecule has 3 rings (SSSR count). The Kier molecular flexibility index (Phi) is 6.18. The third-order valence-electron chi connectivity index (χ3n) is 4.38. The summed E-state index contributed by atoms with van der Waals surface area (Å²) in [6.45, 7) is 4.35. The summed E-state index contributed by atoms with van der Waals surface area (Å²) in [5.74, 6) is 0.100. The van der Waals surface area contributed by atoms with E-state index in [-0.39, 0.29) is 5.91 Å². The highest BCUT2D eigenvalue weighted by atomic mass is 16.2. The van der Waals surface area contributed by atoms with E-state index in [1.54, 1.807) is 6.08 Å². The molecule has 1 saturated heterocycles. The van der Waals surface area contributed by atoms with Gasteiger partial charge in [0.2, 0.25) is 5.91 Å². The van der Waals surface area contributed by atoms with Gasteiger partial charge in [0.25, 0.3) is 0 Å². The zero-order valence-corrected chi connectivity index (χ0v) is 14.4. The van der Waals surface area contributed by atoms with Gasteiger partial charge in [-0.3, -0.25) is 9.69 Å². The minimum atomic E-state index is 0.100. The third kappa shape index (κ3) is 5.44. The molecule has 1 fully saturated rings. The van der Waals surface area contributed by atoms with Crippen LogP contribution in [0.1, 0.15) is 11.1 Å². The summed E-state index contributed by atoms with van der Waals surface area (Å²) in [6.07, 6.45) is 7.92. The molecule has 1 aliphatic rings. The van der Waals surface area contributed by atoms with Crippen LogP contribution in [-0.4, -0.2) is 48.4 Å². The lowest BCUT2D eigenvalue weighted by atomic mass is 10.2. The van der Waals surface area contributed by atoms with Gasteiger partial charge < -0.3 is 4.90 Å². The number of piperazine rings is 1. The first kappa shape index (κ1) is 17.2. The summed E-state index contributed by atoms with van der Waals surface area (Å²) in [6, 6.07) is 20.3. The van der Waals surface area contributed by atoms with Crippen LogP contribution in [0.4, 0.5) is 0 Å². The second kappa shape index (κ2) is 9.00. The molecule has 2 aromatic rings. The van der Waals surface area contributed by atoms with Crippen LogP contribution >= 0.6 is 0 Å². The van der Waals surface area contributed by atoms with E-state index in [0.717, 1.165) is 38.3 Å².